The Morgan fingerprint density at radius 2 is 0.851 bits per heavy atom. The van der Waals surface area contributed by atoms with Gasteiger partial charge in [-0.05, 0) is 88.4 Å². The summed E-state index contributed by atoms with van der Waals surface area (Å²) in [6.07, 6.45) is 0. The van der Waals surface area contributed by atoms with Gasteiger partial charge < -0.3 is 9.13 Å². The molecule has 0 aliphatic carbocycles. The average Bonchev–Trinajstić information content (AvgIpc) is 3.63. The van der Waals surface area contributed by atoms with Crippen LogP contribution in [0.1, 0.15) is 0 Å². The minimum Gasteiger partial charge on any atom is -0.309 e. The number of nitrogens with zero attached hydrogens (tertiary/aromatic N) is 2. The van der Waals surface area contributed by atoms with Crippen molar-refractivity contribution in [2.45, 2.75) is 9.79 Å². The van der Waals surface area contributed by atoms with Crippen molar-refractivity contribution in [2.24, 2.45) is 0 Å². The van der Waals surface area contributed by atoms with Gasteiger partial charge in [-0.3, -0.25) is 0 Å². The molecule has 0 radical (unpaired) electrons. The number of hydrogen-bond donors (Lipinski definition) is 0. The van der Waals surface area contributed by atoms with Gasteiger partial charge in [0.05, 0.1) is 22.1 Å². The van der Waals surface area contributed by atoms with E-state index in [0.29, 0.717) is 5.27 Å². The predicted octanol–water partition coefficient (Wildman–Crippen LogP) is 11.1. The quantitative estimate of drug-likeness (QED) is 0.176. The maximum absolute atomic E-state index is 2.51. The molecule has 0 saturated carbocycles. The molecule has 7 aromatic carbocycles. The summed E-state index contributed by atoms with van der Waals surface area (Å²) in [5, 5.41) is 5.44. The fourth-order valence-electron chi connectivity index (χ4n) is 7.99. The van der Waals surface area contributed by atoms with E-state index >= 15 is 0 Å². The Morgan fingerprint density at radius 3 is 1.45 bits per heavy atom. The molecule has 0 fully saturated rings. The number of fused-ring (bicyclic) bond motifs is 10. The van der Waals surface area contributed by atoms with E-state index < -0.39 is 0 Å². The standard InChI is InChI=1S/C42H25BN2S2/c1-2-12-26(13-3-1)44-36-18-8-4-14-28(36)32-24-33-29-15-5-9-19-37(29)45(39(33)25-38(32)44)27-22-34-30-16-6-10-20-40(30)46-43-42(34)35(23-27)31-17-7-11-21-41(31)47-43/h1-25H. The molecule has 2 aromatic heterocycles. The van der Waals surface area contributed by atoms with Crippen LogP contribution in [0.15, 0.2) is 161 Å². The van der Waals surface area contributed by atoms with Gasteiger partial charge in [0.1, 0.15) is 0 Å². The molecule has 0 N–H and O–H groups in total. The molecular formula is C42H25BN2S2. The highest BCUT2D eigenvalue weighted by Gasteiger charge is 2.37. The Balaban J connectivity index is 1.28. The van der Waals surface area contributed by atoms with Crippen molar-refractivity contribution in [3.63, 3.8) is 0 Å². The van der Waals surface area contributed by atoms with E-state index in [9.17, 15) is 0 Å². The van der Waals surface area contributed by atoms with E-state index in [1.54, 1.807) is 0 Å². The highest BCUT2D eigenvalue weighted by atomic mass is 32.2. The van der Waals surface area contributed by atoms with Crippen molar-refractivity contribution in [3.05, 3.63) is 152 Å². The molecule has 0 amide bonds. The second-order valence-electron chi connectivity index (χ2n) is 12.4. The molecule has 11 rings (SSSR count). The number of para-hydroxylation sites is 3. The lowest BCUT2D eigenvalue weighted by atomic mass is 9.77. The van der Waals surface area contributed by atoms with Gasteiger partial charge in [-0.25, -0.2) is 0 Å². The first-order chi connectivity index (χ1) is 23.3. The summed E-state index contributed by atoms with van der Waals surface area (Å²) in [5.74, 6) is 0. The fourth-order valence-corrected chi connectivity index (χ4v) is 10.9. The van der Waals surface area contributed by atoms with Crippen LogP contribution in [0, 0.1) is 0 Å². The molecule has 4 heterocycles. The molecule has 0 bridgehead atoms. The molecule has 0 atom stereocenters. The second-order valence-corrected chi connectivity index (χ2v) is 15.0. The van der Waals surface area contributed by atoms with Gasteiger partial charge in [-0.15, -0.1) is 0 Å². The van der Waals surface area contributed by atoms with Gasteiger partial charge in [0.2, 0.25) is 0 Å². The zero-order chi connectivity index (χ0) is 30.6. The molecule has 9 aromatic rings. The molecule has 0 saturated heterocycles. The van der Waals surface area contributed by atoms with Crippen molar-refractivity contribution < 1.29 is 0 Å². The van der Waals surface area contributed by atoms with Crippen LogP contribution in [0.3, 0.4) is 0 Å². The van der Waals surface area contributed by atoms with Gasteiger partial charge in [-0.2, -0.15) is 23.2 Å². The zero-order valence-electron chi connectivity index (χ0n) is 25.2. The summed E-state index contributed by atoms with van der Waals surface area (Å²) in [5.41, 5.74) is 14.1. The Morgan fingerprint density at radius 1 is 0.362 bits per heavy atom. The molecule has 0 spiro atoms. The van der Waals surface area contributed by atoms with Crippen molar-refractivity contribution in [3.8, 4) is 33.6 Å². The van der Waals surface area contributed by atoms with Crippen LogP contribution in [0.2, 0.25) is 0 Å². The smallest absolute Gasteiger partial charge is 0.309 e. The van der Waals surface area contributed by atoms with Crippen molar-refractivity contribution in [1.82, 2.24) is 9.13 Å². The summed E-state index contributed by atoms with van der Waals surface area (Å²) in [6, 6.07) is 56.2. The van der Waals surface area contributed by atoms with Crippen LogP contribution in [0.25, 0.3) is 77.2 Å². The molecule has 0 unspecified atom stereocenters. The first-order valence-electron chi connectivity index (χ1n) is 16.0. The van der Waals surface area contributed by atoms with Gasteiger partial charge in [0.15, 0.2) is 0 Å². The van der Waals surface area contributed by atoms with Crippen LogP contribution in [-0.2, 0) is 0 Å². The first kappa shape index (κ1) is 26.0. The number of aromatic nitrogens is 2. The van der Waals surface area contributed by atoms with Crippen LogP contribution < -0.4 is 5.46 Å². The largest absolute Gasteiger partial charge is 0.318 e. The fraction of sp³-hybridized carbons (Fsp3) is 0. The van der Waals surface area contributed by atoms with Gasteiger partial charge in [-0.1, -0.05) is 91.0 Å². The minimum absolute atomic E-state index is 0.332. The highest BCUT2D eigenvalue weighted by molar-refractivity contribution is 8.56. The molecule has 5 heteroatoms. The van der Waals surface area contributed by atoms with E-state index in [-0.39, 0.29) is 0 Å². The molecule has 2 nitrogen and oxygen atoms in total. The maximum Gasteiger partial charge on any atom is 0.318 e. The third-order valence-electron chi connectivity index (χ3n) is 9.96. The number of rotatable bonds is 2. The Hall–Kier alpha value is -5.10. The Kier molecular flexibility index (Phi) is 5.38. The number of benzene rings is 7. The maximum atomic E-state index is 2.51. The topological polar surface area (TPSA) is 9.86 Å². The van der Waals surface area contributed by atoms with Gasteiger partial charge in [0, 0.05) is 42.7 Å². The zero-order valence-corrected chi connectivity index (χ0v) is 26.9. The summed E-state index contributed by atoms with van der Waals surface area (Å²) in [4.78, 5) is 2.72. The van der Waals surface area contributed by atoms with Crippen molar-refractivity contribution in [1.29, 1.82) is 0 Å². The monoisotopic (exact) mass is 632 g/mol. The van der Waals surface area contributed by atoms with Crippen LogP contribution in [0.4, 0.5) is 0 Å². The molecule has 2 aliphatic rings. The van der Waals surface area contributed by atoms with E-state index in [2.05, 4.69) is 161 Å². The van der Waals surface area contributed by atoms with Crippen LogP contribution >= 0.6 is 23.2 Å². The minimum atomic E-state index is 0.332. The van der Waals surface area contributed by atoms with E-state index in [4.69, 9.17) is 0 Å². The van der Waals surface area contributed by atoms with E-state index in [0.717, 1.165) is 0 Å². The lowest BCUT2D eigenvalue weighted by molar-refractivity contribution is 1.16. The van der Waals surface area contributed by atoms with E-state index in [1.165, 1.54) is 92.5 Å². The third-order valence-corrected chi connectivity index (χ3v) is 12.7. The highest BCUT2D eigenvalue weighted by Crippen LogP contribution is 2.50. The summed E-state index contributed by atoms with van der Waals surface area (Å²) in [7, 11) is 0. The van der Waals surface area contributed by atoms with Crippen molar-refractivity contribution >= 4 is 77.6 Å². The summed E-state index contributed by atoms with van der Waals surface area (Å²) in [6.45, 7) is 0. The normalized spacial score (nSPS) is 13.3. The number of hydrogen-bond acceptors (Lipinski definition) is 2. The Labute approximate surface area is 280 Å². The van der Waals surface area contributed by atoms with Gasteiger partial charge >= 0.3 is 5.27 Å². The van der Waals surface area contributed by atoms with Gasteiger partial charge in [0.25, 0.3) is 0 Å². The summed E-state index contributed by atoms with van der Waals surface area (Å²) < 4.78 is 4.94. The lowest BCUT2D eigenvalue weighted by Gasteiger charge is -2.32. The lowest BCUT2D eigenvalue weighted by Crippen LogP contribution is -2.33. The Bertz CT molecular complexity index is 2690. The summed E-state index contributed by atoms with van der Waals surface area (Å²) >= 11 is 3.99. The second kappa shape index (κ2) is 9.71. The average molecular weight is 633 g/mol. The van der Waals surface area contributed by atoms with Crippen LogP contribution in [0.5, 0.6) is 0 Å². The first-order valence-corrected chi connectivity index (χ1v) is 17.8. The van der Waals surface area contributed by atoms with E-state index in [1.807, 2.05) is 23.2 Å². The SMILES string of the molecule is c1ccc(-n2c3ccccc3c3cc4c5ccccc5n(-c5cc6c7c(c5)-c5ccccc5SB7Sc5ccccc5-6)c4cc32)cc1. The van der Waals surface area contributed by atoms with Crippen molar-refractivity contribution in [2.75, 3.05) is 0 Å². The predicted molar refractivity (Wildman–Crippen MR) is 203 cm³/mol. The molecule has 2 aliphatic heterocycles. The molecular weight excluding hydrogens is 607 g/mol. The third kappa shape index (κ3) is 3.61. The molecule has 218 valence electrons. The molecule has 47 heavy (non-hydrogen) atoms. The van der Waals surface area contributed by atoms with Crippen LogP contribution in [-0.4, -0.2) is 14.4 Å².